The first-order chi connectivity index (χ1) is 13.7. The maximum Gasteiger partial charge on any atom is 0.231 e. The van der Waals surface area contributed by atoms with Crippen molar-refractivity contribution in [3.8, 4) is 22.8 Å². The zero-order valence-electron chi connectivity index (χ0n) is 15.0. The van der Waals surface area contributed by atoms with Gasteiger partial charge in [-0.05, 0) is 36.1 Å². The van der Waals surface area contributed by atoms with Gasteiger partial charge in [0.25, 0.3) is 0 Å². The van der Waals surface area contributed by atoms with Crippen molar-refractivity contribution < 1.29 is 9.13 Å². The number of fused-ring (bicyclic) bond motifs is 2. The summed E-state index contributed by atoms with van der Waals surface area (Å²) in [6, 6.07) is 20.5. The molecule has 5 aromatic rings. The van der Waals surface area contributed by atoms with E-state index >= 15 is 0 Å². The summed E-state index contributed by atoms with van der Waals surface area (Å²) in [4.78, 5) is 10.8. The van der Waals surface area contributed by atoms with Crippen molar-refractivity contribution in [3.05, 3.63) is 83.8 Å². The largest absolute Gasteiger partial charge is 0.438 e. The summed E-state index contributed by atoms with van der Waals surface area (Å²) in [7, 11) is 0. The molecular formula is C23H15FN2OS. The van der Waals surface area contributed by atoms with Gasteiger partial charge in [0.05, 0.1) is 5.39 Å². The van der Waals surface area contributed by atoms with E-state index in [0.717, 1.165) is 42.7 Å². The topological polar surface area (TPSA) is 35.0 Å². The number of hydrogen-bond acceptors (Lipinski definition) is 4. The standard InChI is InChI=1S/C23H15FN2OS/c1-14-20(16-9-11-17(24)12-10-16)21-22(25-13-26-23(21)28-14)27-19-8-4-6-15-5-2-3-7-18(15)19/h2-13H,1H3. The first-order valence-electron chi connectivity index (χ1n) is 8.86. The highest BCUT2D eigenvalue weighted by atomic mass is 32.1. The van der Waals surface area contributed by atoms with Crippen LogP contribution in [0.15, 0.2) is 73.1 Å². The minimum Gasteiger partial charge on any atom is -0.438 e. The molecule has 0 N–H and O–H groups in total. The van der Waals surface area contributed by atoms with Gasteiger partial charge in [0.15, 0.2) is 0 Å². The lowest BCUT2D eigenvalue weighted by atomic mass is 10.0. The lowest BCUT2D eigenvalue weighted by Crippen LogP contribution is -1.92. The van der Waals surface area contributed by atoms with E-state index in [1.165, 1.54) is 18.5 Å². The van der Waals surface area contributed by atoms with Gasteiger partial charge in [0.1, 0.15) is 22.7 Å². The molecule has 2 heterocycles. The monoisotopic (exact) mass is 386 g/mol. The van der Waals surface area contributed by atoms with Crippen LogP contribution in [0.3, 0.4) is 0 Å². The predicted molar refractivity (Wildman–Crippen MR) is 112 cm³/mol. The molecule has 0 aliphatic rings. The Balaban J connectivity index is 1.71. The third-order valence-electron chi connectivity index (χ3n) is 4.72. The Morgan fingerprint density at radius 1 is 0.893 bits per heavy atom. The Morgan fingerprint density at radius 2 is 1.68 bits per heavy atom. The van der Waals surface area contributed by atoms with Crippen LogP contribution in [0.5, 0.6) is 11.6 Å². The fraction of sp³-hybridized carbons (Fsp3) is 0.0435. The summed E-state index contributed by atoms with van der Waals surface area (Å²) in [5, 5.41) is 2.97. The molecule has 136 valence electrons. The quantitative estimate of drug-likeness (QED) is 0.344. The van der Waals surface area contributed by atoms with Crippen LogP contribution in [0, 0.1) is 12.7 Å². The molecule has 0 atom stereocenters. The summed E-state index contributed by atoms with van der Waals surface area (Å²) in [6.07, 6.45) is 1.52. The Kier molecular flexibility index (Phi) is 4.02. The van der Waals surface area contributed by atoms with E-state index in [0.29, 0.717) is 5.88 Å². The summed E-state index contributed by atoms with van der Waals surface area (Å²) < 4.78 is 19.7. The molecule has 0 fully saturated rings. The molecule has 2 aromatic heterocycles. The number of rotatable bonds is 3. The van der Waals surface area contributed by atoms with E-state index in [-0.39, 0.29) is 5.82 Å². The van der Waals surface area contributed by atoms with Crippen molar-refractivity contribution in [2.75, 3.05) is 0 Å². The molecule has 0 radical (unpaired) electrons. The average Bonchev–Trinajstić information content (AvgIpc) is 3.06. The van der Waals surface area contributed by atoms with Crippen molar-refractivity contribution in [1.29, 1.82) is 0 Å². The number of aryl methyl sites for hydroxylation is 1. The Hall–Kier alpha value is -3.31. The first kappa shape index (κ1) is 16.8. The summed E-state index contributed by atoms with van der Waals surface area (Å²) in [6.45, 7) is 2.03. The smallest absolute Gasteiger partial charge is 0.231 e. The van der Waals surface area contributed by atoms with Crippen molar-refractivity contribution in [1.82, 2.24) is 9.97 Å². The Morgan fingerprint density at radius 3 is 2.54 bits per heavy atom. The van der Waals surface area contributed by atoms with Gasteiger partial charge in [-0.2, -0.15) is 0 Å². The number of benzene rings is 3. The van der Waals surface area contributed by atoms with Gasteiger partial charge in [-0.3, -0.25) is 0 Å². The molecule has 0 saturated heterocycles. The van der Waals surface area contributed by atoms with Crippen LogP contribution in [-0.4, -0.2) is 9.97 Å². The molecule has 5 heteroatoms. The highest BCUT2D eigenvalue weighted by Crippen LogP contribution is 2.42. The molecule has 0 saturated carbocycles. The third-order valence-corrected chi connectivity index (χ3v) is 5.73. The van der Waals surface area contributed by atoms with Crippen LogP contribution in [0.25, 0.3) is 32.1 Å². The molecule has 0 bridgehead atoms. The molecule has 0 aliphatic carbocycles. The highest BCUT2D eigenvalue weighted by molar-refractivity contribution is 7.19. The first-order valence-corrected chi connectivity index (χ1v) is 9.68. The second-order valence-electron chi connectivity index (χ2n) is 6.48. The molecular weight excluding hydrogens is 371 g/mol. The van der Waals surface area contributed by atoms with Gasteiger partial charge in [0, 0.05) is 15.8 Å². The normalized spacial score (nSPS) is 11.2. The van der Waals surface area contributed by atoms with Crippen LogP contribution >= 0.6 is 11.3 Å². The van der Waals surface area contributed by atoms with Crippen LogP contribution in [-0.2, 0) is 0 Å². The lowest BCUT2D eigenvalue weighted by molar-refractivity contribution is 0.474. The zero-order valence-corrected chi connectivity index (χ0v) is 15.8. The van der Waals surface area contributed by atoms with Crippen LogP contribution < -0.4 is 4.74 Å². The zero-order chi connectivity index (χ0) is 19.1. The van der Waals surface area contributed by atoms with Crippen molar-refractivity contribution in [2.24, 2.45) is 0 Å². The van der Waals surface area contributed by atoms with Gasteiger partial charge < -0.3 is 4.74 Å². The van der Waals surface area contributed by atoms with Gasteiger partial charge in [0.2, 0.25) is 5.88 Å². The predicted octanol–water partition coefficient (Wildman–Crippen LogP) is 6.75. The van der Waals surface area contributed by atoms with E-state index in [1.54, 1.807) is 23.5 Å². The fourth-order valence-electron chi connectivity index (χ4n) is 3.45. The SMILES string of the molecule is Cc1sc2ncnc(Oc3cccc4ccccc34)c2c1-c1ccc(F)cc1. The molecule has 0 unspecified atom stereocenters. The maximum atomic E-state index is 13.4. The molecule has 0 amide bonds. The molecule has 3 aromatic carbocycles. The Labute approximate surface area is 165 Å². The molecule has 0 aliphatic heterocycles. The molecule has 0 spiro atoms. The average molecular weight is 386 g/mol. The minimum atomic E-state index is -0.260. The number of halogens is 1. The second-order valence-corrected chi connectivity index (χ2v) is 7.68. The second kappa shape index (κ2) is 6.69. The van der Waals surface area contributed by atoms with Crippen molar-refractivity contribution >= 4 is 32.3 Å². The van der Waals surface area contributed by atoms with Crippen molar-refractivity contribution in [3.63, 3.8) is 0 Å². The fourth-order valence-corrected chi connectivity index (χ4v) is 4.45. The summed E-state index contributed by atoms with van der Waals surface area (Å²) >= 11 is 1.58. The van der Waals surface area contributed by atoms with E-state index in [2.05, 4.69) is 22.1 Å². The van der Waals surface area contributed by atoms with Gasteiger partial charge >= 0.3 is 0 Å². The Bertz CT molecular complexity index is 1310. The van der Waals surface area contributed by atoms with E-state index < -0.39 is 0 Å². The van der Waals surface area contributed by atoms with E-state index in [4.69, 9.17) is 4.74 Å². The van der Waals surface area contributed by atoms with Gasteiger partial charge in [-0.15, -0.1) is 11.3 Å². The highest BCUT2D eigenvalue weighted by Gasteiger charge is 2.18. The van der Waals surface area contributed by atoms with E-state index in [9.17, 15) is 4.39 Å². The van der Waals surface area contributed by atoms with Crippen LogP contribution in [0.4, 0.5) is 4.39 Å². The third kappa shape index (κ3) is 2.80. The van der Waals surface area contributed by atoms with Gasteiger partial charge in [-0.1, -0.05) is 48.5 Å². The number of ether oxygens (including phenoxy) is 1. The number of hydrogen-bond donors (Lipinski definition) is 0. The maximum absolute atomic E-state index is 13.4. The summed E-state index contributed by atoms with van der Waals surface area (Å²) in [5.41, 5.74) is 1.90. The number of thiophene rings is 1. The van der Waals surface area contributed by atoms with Crippen molar-refractivity contribution in [2.45, 2.75) is 6.92 Å². The molecule has 5 rings (SSSR count). The van der Waals surface area contributed by atoms with E-state index in [1.807, 2.05) is 37.3 Å². The number of nitrogens with zero attached hydrogens (tertiary/aromatic N) is 2. The lowest BCUT2D eigenvalue weighted by Gasteiger charge is -2.10. The van der Waals surface area contributed by atoms with Crippen LogP contribution in [0.2, 0.25) is 0 Å². The molecule has 3 nitrogen and oxygen atoms in total. The minimum absolute atomic E-state index is 0.260. The van der Waals surface area contributed by atoms with Gasteiger partial charge in [-0.25, -0.2) is 14.4 Å². The number of aromatic nitrogens is 2. The van der Waals surface area contributed by atoms with Crippen LogP contribution in [0.1, 0.15) is 4.88 Å². The summed E-state index contributed by atoms with van der Waals surface area (Å²) in [5.74, 6) is 0.987. The molecule has 28 heavy (non-hydrogen) atoms.